The molecular weight excluding hydrogens is 346 g/mol. The highest BCUT2D eigenvalue weighted by Crippen LogP contribution is 2.29. The van der Waals surface area contributed by atoms with Gasteiger partial charge in [0.05, 0.1) is 4.90 Å². The molecule has 1 heterocycles. The van der Waals surface area contributed by atoms with Crippen molar-refractivity contribution in [2.45, 2.75) is 23.1 Å². The number of benzene rings is 3. The minimum absolute atomic E-state index is 0.224. The van der Waals surface area contributed by atoms with Crippen LogP contribution < -0.4 is 0 Å². The normalized spacial score (nSPS) is 17.5. The molecule has 0 spiro atoms. The maximum Gasteiger partial charge on any atom is 0.254 e. The Labute approximate surface area is 153 Å². The van der Waals surface area contributed by atoms with Crippen LogP contribution in [0.5, 0.6) is 0 Å². The van der Waals surface area contributed by atoms with Gasteiger partial charge in [0.25, 0.3) is 5.91 Å². The summed E-state index contributed by atoms with van der Waals surface area (Å²) in [6.45, 7) is 0.461. The minimum atomic E-state index is -3.58. The smallest absolute Gasteiger partial charge is 0.254 e. The molecule has 0 bridgehead atoms. The highest BCUT2D eigenvalue weighted by molar-refractivity contribution is 7.92. The third kappa shape index (κ3) is 2.88. The van der Waals surface area contributed by atoms with Gasteiger partial charge < -0.3 is 4.90 Å². The van der Waals surface area contributed by atoms with E-state index in [0.29, 0.717) is 24.9 Å². The summed E-state index contributed by atoms with van der Waals surface area (Å²) in [6, 6.07) is 21.7. The standard InChI is InChI=1S/C21H19NO3S/c23-21(18-13-12-16-7-4-5-8-17(16)15-18)22-14-6-11-20(22)26(24,25)19-9-2-1-3-10-19/h1-5,7-10,12-13,15,20H,6,11,14H2. The lowest BCUT2D eigenvalue weighted by molar-refractivity contribution is 0.0774. The van der Waals surface area contributed by atoms with E-state index in [1.807, 2.05) is 36.4 Å². The van der Waals surface area contributed by atoms with Gasteiger partial charge in [-0.15, -0.1) is 0 Å². The molecule has 0 saturated carbocycles. The predicted octanol–water partition coefficient (Wildman–Crippen LogP) is 3.88. The molecule has 0 N–H and O–H groups in total. The summed E-state index contributed by atoms with van der Waals surface area (Å²) in [6.07, 6.45) is 1.16. The van der Waals surface area contributed by atoms with Gasteiger partial charge in [-0.25, -0.2) is 8.42 Å². The Hall–Kier alpha value is -2.66. The van der Waals surface area contributed by atoms with Gasteiger partial charge in [0.1, 0.15) is 5.37 Å². The largest absolute Gasteiger partial charge is 0.321 e. The summed E-state index contributed by atoms with van der Waals surface area (Å²) in [5.74, 6) is -0.224. The molecule has 1 amide bonds. The van der Waals surface area contributed by atoms with E-state index < -0.39 is 15.2 Å². The van der Waals surface area contributed by atoms with E-state index in [9.17, 15) is 13.2 Å². The summed E-state index contributed by atoms with van der Waals surface area (Å²) in [5, 5.41) is 1.22. The molecule has 4 nitrogen and oxygen atoms in total. The summed E-state index contributed by atoms with van der Waals surface area (Å²) < 4.78 is 26.0. The number of rotatable bonds is 3. The second-order valence-electron chi connectivity index (χ2n) is 6.52. The zero-order valence-electron chi connectivity index (χ0n) is 14.2. The number of hydrogen-bond acceptors (Lipinski definition) is 3. The molecule has 26 heavy (non-hydrogen) atoms. The first kappa shape index (κ1) is 16.8. The van der Waals surface area contributed by atoms with Crippen molar-refractivity contribution in [3.05, 3.63) is 78.4 Å². The molecule has 1 saturated heterocycles. The molecule has 132 valence electrons. The average molecular weight is 365 g/mol. The molecule has 3 aromatic carbocycles. The van der Waals surface area contributed by atoms with Crippen molar-refractivity contribution in [3.8, 4) is 0 Å². The van der Waals surface area contributed by atoms with E-state index in [-0.39, 0.29) is 10.8 Å². The van der Waals surface area contributed by atoms with Crippen LogP contribution in [-0.4, -0.2) is 31.1 Å². The summed E-state index contributed by atoms with van der Waals surface area (Å²) in [5.41, 5.74) is 0.527. The minimum Gasteiger partial charge on any atom is -0.321 e. The zero-order valence-corrected chi connectivity index (χ0v) is 15.0. The number of fused-ring (bicyclic) bond motifs is 1. The zero-order chi connectivity index (χ0) is 18.1. The van der Waals surface area contributed by atoms with Crippen LogP contribution in [0.1, 0.15) is 23.2 Å². The van der Waals surface area contributed by atoms with Gasteiger partial charge in [0, 0.05) is 12.1 Å². The molecule has 1 aliphatic heterocycles. The summed E-state index contributed by atoms with van der Waals surface area (Å²) in [7, 11) is -3.58. The average Bonchev–Trinajstić information content (AvgIpc) is 3.18. The van der Waals surface area contributed by atoms with Crippen LogP contribution in [0.4, 0.5) is 0 Å². The molecule has 1 atom stereocenters. The van der Waals surface area contributed by atoms with Gasteiger partial charge in [0.2, 0.25) is 0 Å². The van der Waals surface area contributed by atoms with Crippen molar-refractivity contribution in [2.24, 2.45) is 0 Å². The Bertz CT molecular complexity index is 1060. The van der Waals surface area contributed by atoms with Crippen LogP contribution in [0.25, 0.3) is 10.8 Å². The van der Waals surface area contributed by atoms with Crippen LogP contribution in [0.15, 0.2) is 77.7 Å². The number of amides is 1. The number of sulfone groups is 1. The van der Waals surface area contributed by atoms with Gasteiger partial charge in [-0.1, -0.05) is 48.5 Å². The number of likely N-dealkylation sites (tertiary alicyclic amines) is 1. The molecule has 1 fully saturated rings. The molecule has 1 unspecified atom stereocenters. The molecule has 4 rings (SSSR count). The molecular formula is C21H19NO3S. The van der Waals surface area contributed by atoms with E-state index >= 15 is 0 Å². The quantitative estimate of drug-likeness (QED) is 0.708. The van der Waals surface area contributed by atoms with Crippen molar-refractivity contribution in [1.82, 2.24) is 4.90 Å². The Morgan fingerprint density at radius 1 is 0.885 bits per heavy atom. The van der Waals surface area contributed by atoms with E-state index in [0.717, 1.165) is 10.8 Å². The second-order valence-corrected chi connectivity index (χ2v) is 8.62. The van der Waals surface area contributed by atoms with Crippen molar-refractivity contribution < 1.29 is 13.2 Å². The fraction of sp³-hybridized carbons (Fsp3) is 0.190. The topological polar surface area (TPSA) is 54.5 Å². The molecule has 5 heteroatoms. The van der Waals surface area contributed by atoms with E-state index in [2.05, 4.69) is 0 Å². The maximum absolute atomic E-state index is 13.0. The van der Waals surface area contributed by atoms with Crippen LogP contribution in [0.2, 0.25) is 0 Å². The van der Waals surface area contributed by atoms with Gasteiger partial charge in [0.15, 0.2) is 9.84 Å². The lowest BCUT2D eigenvalue weighted by Gasteiger charge is -2.25. The van der Waals surface area contributed by atoms with Gasteiger partial charge in [-0.3, -0.25) is 4.79 Å². The van der Waals surface area contributed by atoms with Gasteiger partial charge in [-0.05, 0) is 47.9 Å². The molecule has 0 aromatic heterocycles. The van der Waals surface area contributed by atoms with Crippen molar-refractivity contribution >= 4 is 26.5 Å². The fourth-order valence-electron chi connectivity index (χ4n) is 3.55. The number of carbonyl (C=O) groups is 1. The van der Waals surface area contributed by atoms with E-state index in [4.69, 9.17) is 0 Å². The highest BCUT2D eigenvalue weighted by Gasteiger charge is 2.39. The molecule has 0 aliphatic carbocycles. The Balaban J connectivity index is 1.68. The Kier molecular flexibility index (Phi) is 4.24. The molecule has 1 aliphatic rings. The predicted molar refractivity (Wildman–Crippen MR) is 102 cm³/mol. The summed E-state index contributed by atoms with van der Waals surface area (Å²) in [4.78, 5) is 14.8. The lowest BCUT2D eigenvalue weighted by atomic mass is 10.1. The number of hydrogen-bond donors (Lipinski definition) is 0. The number of carbonyl (C=O) groups excluding carboxylic acids is 1. The Morgan fingerprint density at radius 3 is 2.35 bits per heavy atom. The first-order valence-corrected chi connectivity index (χ1v) is 10.2. The summed E-state index contributed by atoms with van der Waals surface area (Å²) >= 11 is 0. The van der Waals surface area contributed by atoms with E-state index in [1.54, 1.807) is 36.4 Å². The SMILES string of the molecule is O=C(c1ccc2ccccc2c1)N1CCCC1S(=O)(=O)c1ccccc1. The Morgan fingerprint density at radius 2 is 1.58 bits per heavy atom. The lowest BCUT2D eigenvalue weighted by Crippen LogP contribution is -2.40. The van der Waals surface area contributed by atoms with E-state index in [1.165, 1.54) is 4.90 Å². The molecule has 3 aromatic rings. The monoisotopic (exact) mass is 365 g/mol. The van der Waals surface area contributed by atoms with Crippen LogP contribution in [-0.2, 0) is 9.84 Å². The molecule has 0 radical (unpaired) electrons. The van der Waals surface area contributed by atoms with Gasteiger partial charge >= 0.3 is 0 Å². The van der Waals surface area contributed by atoms with Crippen molar-refractivity contribution in [3.63, 3.8) is 0 Å². The fourth-order valence-corrected chi connectivity index (χ4v) is 5.41. The third-order valence-electron chi connectivity index (χ3n) is 4.88. The van der Waals surface area contributed by atoms with Crippen LogP contribution >= 0.6 is 0 Å². The van der Waals surface area contributed by atoms with Crippen molar-refractivity contribution in [2.75, 3.05) is 6.54 Å². The first-order chi connectivity index (χ1) is 12.6. The highest BCUT2D eigenvalue weighted by atomic mass is 32.2. The second kappa shape index (κ2) is 6.57. The number of nitrogens with zero attached hydrogens (tertiary/aromatic N) is 1. The third-order valence-corrected chi connectivity index (χ3v) is 7.02. The maximum atomic E-state index is 13.0. The van der Waals surface area contributed by atoms with Crippen molar-refractivity contribution in [1.29, 1.82) is 0 Å². The van der Waals surface area contributed by atoms with Gasteiger partial charge in [-0.2, -0.15) is 0 Å². The first-order valence-electron chi connectivity index (χ1n) is 8.66. The van der Waals surface area contributed by atoms with Crippen LogP contribution in [0.3, 0.4) is 0 Å². The van der Waals surface area contributed by atoms with Crippen LogP contribution in [0, 0.1) is 0 Å².